The zero-order chi connectivity index (χ0) is 14.9. The summed E-state index contributed by atoms with van der Waals surface area (Å²) in [5.41, 5.74) is -0.790. The summed E-state index contributed by atoms with van der Waals surface area (Å²) in [7, 11) is -3.10. The monoisotopic (exact) mass is 306 g/mol. The largest absolute Gasteiger partial charge is 0.390 e. The molecule has 2 unspecified atom stereocenters. The second-order valence-electron chi connectivity index (χ2n) is 4.49. The van der Waals surface area contributed by atoms with E-state index in [0.717, 1.165) is 0 Å². The van der Waals surface area contributed by atoms with Gasteiger partial charge in [-0.15, -0.1) is 0 Å². The predicted molar refractivity (Wildman–Crippen MR) is 67.8 cm³/mol. The first-order valence-electron chi connectivity index (χ1n) is 5.90. The number of aromatic nitrogens is 2. The van der Waals surface area contributed by atoms with Crippen molar-refractivity contribution in [1.29, 1.82) is 0 Å². The third-order valence-corrected chi connectivity index (χ3v) is 3.44. The van der Waals surface area contributed by atoms with Gasteiger partial charge in [0.15, 0.2) is 0 Å². The normalized spacial score (nSPS) is 27.6. The van der Waals surface area contributed by atoms with Crippen LogP contribution in [0.2, 0.25) is 0 Å². The van der Waals surface area contributed by atoms with Crippen molar-refractivity contribution in [3.8, 4) is 0 Å². The predicted octanol–water partition coefficient (Wildman–Crippen LogP) is -1.11. The molecule has 0 radical (unpaired) electrons. The van der Waals surface area contributed by atoms with Crippen LogP contribution in [0.25, 0.3) is 0 Å². The molecule has 2 heterocycles. The maximum Gasteiger partial charge on any atom is 0.330 e. The molecule has 0 spiro atoms. The molecular weight excluding hydrogens is 291 g/mol. The minimum absolute atomic E-state index is 0.117. The van der Waals surface area contributed by atoms with Crippen molar-refractivity contribution in [2.24, 2.45) is 0 Å². The highest BCUT2D eigenvalue weighted by molar-refractivity contribution is 7.32. The summed E-state index contributed by atoms with van der Waals surface area (Å²) in [6, 6.07) is 0. The van der Waals surface area contributed by atoms with Gasteiger partial charge in [0.25, 0.3) is 5.56 Å². The molecule has 1 fully saturated rings. The van der Waals surface area contributed by atoms with Crippen LogP contribution >= 0.6 is 8.25 Å². The molecule has 0 aromatic carbocycles. The van der Waals surface area contributed by atoms with E-state index < -0.39 is 37.9 Å². The third kappa shape index (κ3) is 3.25. The number of aryl methyl sites for hydroxylation is 1. The molecule has 1 aromatic rings. The van der Waals surface area contributed by atoms with Gasteiger partial charge in [0.1, 0.15) is 12.3 Å². The molecule has 3 N–H and O–H groups in total. The molecule has 1 aliphatic heterocycles. The lowest BCUT2D eigenvalue weighted by atomic mass is 10.2. The lowest BCUT2D eigenvalue weighted by Gasteiger charge is -2.15. The van der Waals surface area contributed by atoms with Gasteiger partial charge < -0.3 is 19.3 Å². The Morgan fingerprint density at radius 3 is 2.95 bits per heavy atom. The molecule has 10 heteroatoms. The summed E-state index contributed by atoms with van der Waals surface area (Å²) in [6.45, 7) is 1.29. The summed E-state index contributed by atoms with van der Waals surface area (Å²) in [4.78, 5) is 33.7. The fourth-order valence-electron chi connectivity index (χ4n) is 1.99. The summed E-state index contributed by atoms with van der Waals surface area (Å²) >= 11 is 0. The van der Waals surface area contributed by atoms with Crippen LogP contribution in [0.3, 0.4) is 0 Å². The average molecular weight is 306 g/mol. The minimum Gasteiger partial charge on any atom is -0.390 e. The molecular formula is C10H15N2O7P. The number of ether oxygens (including phenoxy) is 1. The van der Waals surface area contributed by atoms with Gasteiger partial charge in [-0.3, -0.25) is 18.9 Å². The van der Waals surface area contributed by atoms with Gasteiger partial charge in [0.05, 0.1) is 12.7 Å². The molecule has 4 atom stereocenters. The summed E-state index contributed by atoms with van der Waals surface area (Å²) in [6.07, 6.45) is -1.04. The molecule has 2 rings (SSSR count). The summed E-state index contributed by atoms with van der Waals surface area (Å²) < 4.78 is 21.6. The Morgan fingerprint density at radius 2 is 2.30 bits per heavy atom. The number of aliphatic hydroxyl groups excluding tert-OH is 1. The van der Waals surface area contributed by atoms with Gasteiger partial charge in [0.2, 0.25) is 0 Å². The van der Waals surface area contributed by atoms with Crippen molar-refractivity contribution < 1.29 is 23.8 Å². The lowest BCUT2D eigenvalue weighted by molar-refractivity contribution is -0.0413. The average Bonchev–Trinajstić information content (AvgIpc) is 2.72. The first-order chi connectivity index (χ1) is 9.38. The standard InChI is InChI=1S/C10H15N2O7P/c1-5-3-12(10(15)11-9(5)14)8-2-6(13)7(19-8)4-18-20(16)17/h3,6-8,13,20H,2,4H2,1H3,(H,16,17)(H,11,14,15)/t6?,7-,8-/m1/s1. The Hall–Kier alpha value is -1.25. The van der Waals surface area contributed by atoms with Crippen LogP contribution < -0.4 is 11.2 Å². The van der Waals surface area contributed by atoms with Gasteiger partial charge in [0, 0.05) is 18.2 Å². The van der Waals surface area contributed by atoms with Crippen LogP contribution in [0.15, 0.2) is 15.8 Å². The van der Waals surface area contributed by atoms with E-state index >= 15 is 0 Å². The fourth-order valence-corrected chi connectivity index (χ4v) is 2.30. The summed E-state index contributed by atoms with van der Waals surface area (Å²) in [5.74, 6) is 0. The number of nitrogens with one attached hydrogen (secondary N) is 1. The van der Waals surface area contributed by atoms with Crippen molar-refractivity contribution in [2.45, 2.75) is 31.8 Å². The number of rotatable bonds is 4. The second-order valence-corrected chi connectivity index (χ2v) is 5.31. The first-order valence-corrected chi connectivity index (χ1v) is 7.16. The maximum atomic E-state index is 11.7. The smallest absolute Gasteiger partial charge is 0.330 e. The quantitative estimate of drug-likeness (QED) is 0.601. The van der Waals surface area contributed by atoms with Crippen molar-refractivity contribution in [3.05, 3.63) is 32.6 Å². The van der Waals surface area contributed by atoms with E-state index in [4.69, 9.17) is 9.63 Å². The van der Waals surface area contributed by atoms with Crippen LogP contribution in [0.1, 0.15) is 18.2 Å². The topological polar surface area (TPSA) is 131 Å². The molecule has 0 amide bonds. The molecule has 112 valence electrons. The highest BCUT2D eigenvalue weighted by Crippen LogP contribution is 2.29. The van der Waals surface area contributed by atoms with E-state index in [2.05, 4.69) is 9.51 Å². The Balaban J connectivity index is 2.16. The van der Waals surface area contributed by atoms with E-state index in [0.29, 0.717) is 5.56 Å². The molecule has 20 heavy (non-hydrogen) atoms. The zero-order valence-electron chi connectivity index (χ0n) is 10.6. The molecule has 9 nitrogen and oxygen atoms in total. The van der Waals surface area contributed by atoms with E-state index in [-0.39, 0.29) is 13.0 Å². The van der Waals surface area contributed by atoms with Crippen LogP contribution in [-0.4, -0.2) is 38.4 Å². The highest BCUT2D eigenvalue weighted by Gasteiger charge is 2.35. The van der Waals surface area contributed by atoms with Crippen molar-refractivity contribution in [2.75, 3.05) is 6.61 Å². The molecule has 0 aliphatic carbocycles. The van der Waals surface area contributed by atoms with Gasteiger partial charge in [-0.05, 0) is 6.92 Å². The van der Waals surface area contributed by atoms with Crippen LogP contribution in [0.4, 0.5) is 0 Å². The molecule has 0 bridgehead atoms. The zero-order valence-corrected chi connectivity index (χ0v) is 11.6. The lowest BCUT2D eigenvalue weighted by Crippen LogP contribution is -2.33. The number of aromatic amines is 1. The van der Waals surface area contributed by atoms with Crippen LogP contribution in [-0.2, 0) is 13.8 Å². The molecule has 0 saturated carbocycles. The fraction of sp³-hybridized carbons (Fsp3) is 0.600. The maximum absolute atomic E-state index is 11.7. The van der Waals surface area contributed by atoms with Gasteiger partial charge in [-0.1, -0.05) is 0 Å². The van der Waals surface area contributed by atoms with Crippen molar-refractivity contribution in [1.82, 2.24) is 9.55 Å². The van der Waals surface area contributed by atoms with E-state index in [1.54, 1.807) is 6.92 Å². The second kappa shape index (κ2) is 6.02. The van der Waals surface area contributed by atoms with Gasteiger partial charge >= 0.3 is 13.9 Å². The Labute approximate surface area is 113 Å². The first kappa shape index (κ1) is 15.1. The SMILES string of the molecule is Cc1cn([C@H]2CC(O)[C@@H](CO[PH](=O)O)O2)c(=O)[nH]c1=O. The Bertz CT molecular complexity index is 625. The third-order valence-electron chi connectivity index (χ3n) is 3.03. The molecule has 1 aromatic heterocycles. The van der Waals surface area contributed by atoms with E-state index in [1.165, 1.54) is 10.8 Å². The van der Waals surface area contributed by atoms with Crippen LogP contribution in [0, 0.1) is 6.92 Å². The van der Waals surface area contributed by atoms with Crippen molar-refractivity contribution in [3.63, 3.8) is 0 Å². The summed E-state index contributed by atoms with van der Waals surface area (Å²) in [5, 5.41) is 9.78. The molecule has 1 saturated heterocycles. The minimum atomic E-state index is -3.10. The van der Waals surface area contributed by atoms with Gasteiger partial charge in [-0.25, -0.2) is 4.79 Å². The number of hydrogen-bond acceptors (Lipinski definition) is 6. The number of nitrogens with zero attached hydrogens (tertiary/aromatic N) is 1. The van der Waals surface area contributed by atoms with Gasteiger partial charge in [-0.2, -0.15) is 0 Å². The molecule has 1 aliphatic rings. The number of aliphatic hydroxyl groups is 1. The number of hydrogen-bond donors (Lipinski definition) is 3. The number of H-pyrrole nitrogens is 1. The van der Waals surface area contributed by atoms with E-state index in [1.807, 2.05) is 0 Å². The van der Waals surface area contributed by atoms with E-state index in [9.17, 15) is 19.3 Å². The Kier molecular flexibility index (Phi) is 4.56. The Morgan fingerprint density at radius 1 is 1.60 bits per heavy atom. The van der Waals surface area contributed by atoms with Crippen LogP contribution in [0.5, 0.6) is 0 Å². The van der Waals surface area contributed by atoms with Crippen molar-refractivity contribution >= 4 is 8.25 Å². The highest BCUT2D eigenvalue weighted by atomic mass is 31.1.